The first-order valence-corrected chi connectivity index (χ1v) is 9.20. The van der Waals surface area contributed by atoms with Gasteiger partial charge in [0.2, 0.25) is 5.91 Å². The molecule has 0 spiro atoms. The summed E-state index contributed by atoms with van der Waals surface area (Å²) in [5, 5.41) is 0. The van der Waals surface area contributed by atoms with Gasteiger partial charge in [-0.3, -0.25) is 9.59 Å². The molecule has 1 aromatic rings. The smallest absolute Gasteiger partial charge is 0.264 e. The summed E-state index contributed by atoms with van der Waals surface area (Å²) in [4.78, 5) is 28.3. The van der Waals surface area contributed by atoms with E-state index in [1.165, 1.54) is 36.1 Å². The van der Waals surface area contributed by atoms with Crippen molar-refractivity contribution in [2.45, 2.75) is 63.8 Å². The molecule has 1 saturated heterocycles. The van der Waals surface area contributed by atoms with Crippen molar-refractivity contribution in [2.24, 2.45) is 5.73 Å². The van der Waals surface area contributed by atoms with Gasteiger partial charge < -0.3 is 10.6 Å². The van der Waals surface area contributed by atoms with Gasteiger partial charge in [0.05, 0.1) is 4.88 Å². The molecule has 2 aliphatic rings. The molecular weight excluding hydrogens is 296 g/mol. The minimum absolute atomic E-state index is 0.000229. The van der Waals surface area contributed by atoms with Crippen LogP contribution in [0.3, 0.4) is 0 Å². The zero-order valence-corrected chi connectivity index (χ0v) is 13.8. The lowest BCUT2D eigenvalue weighted by molar-refractivity contribution is -0.123. The standard InChI is InChI=1S/C17H24N2O2S/c18-16(20)13-8-5-6-10-19(13)17(21)15-11-12-7-3-1-2-4-9-14(12)22-15/h11,13H,1-10H2,(H2,18,20). The first-order chi connectivity index (χ1) is 10.7. The maximum absolute atomic E-state index is 12.8. The molecule has 1 unspecified atom stereocenters. The van der Waals surface area contributed by atoms with Gasteiger partial charge in [0, 0.05) is 11.4 Å². The maximum Gasteiger partial charge on any atom is 0.264 e. The van der Waals surface area contributed by atoms with E-state index >= 15 is 0 Å². The quantitative estimate of drug-likeness (QED) is 0.910. The lowest BCUT2D eigenvalue weighted by Gasteiger charge is -2.33. The molecule has 120 valence electrons. The van der Waals surface area contributed by atoms with Crippen molar-refractivity contribution < 1.29 is 9.59 Å². The molecule has 0 radical (unpaired) electrons. The summed E-state index contributed by atoms with van der Waals surface area (Å²) in [5.41, 5.74) is 6.83. The summed E-state index contributed by atoms with van der Waals surface area (Å²) in [5.74, 6) is -0.372. The van der Waals surface area contributed by atoms with E-state index in [0.29, 0.717) is 13.0 Å². The number of nitrogens with two attached hydrogens (primary N) is 1. The maximum atomic E-state index is 12.8. The number of hydrogen-bond donors (Lipinski definition) is 1. The van der Waals surface area contributed by atoms with Crippen LogP contribution in [0.5, 0.6) is 0 Å². The lowest BCUT2D eigenvalue weighted by atomic mass is 9.99. The zero-order chi connectivity index (χ0) is 15.5. The van der Waals surface area contributed by atoms with Crippen molar-refractivity contribution in [1.82, 2.24) is 4.90 Å². The van der Waals surface area contributed by atoms with Gasteiger partial charge in [-0.2, -0.15) is 0 Å². The fraction of sp³-hybridized carbons (Fsp3) is 0.647. The van der Waals surface area contributed by atoms with E-state index in [1.807, 2.05) is 0 Å². The fourth-order valence-corrected chi connectivity index (χ4v) is 4.77. The molecule has 2 heterocycles. The van der Waals surface area contributed by atoms with Crippen molar-refractivity contribution in [3.63, 3.8) is 0 Å². The highest BCUT2D eigenvalue weighted by Gasteiger charge is 2.32. The molecular formula is C17H24N2O2S. The Bertz CT molecular complexity index is 542. The first kappa shape index (κ1) is 15.5. The summed E-state index contributed by atoms with van der Waals surface area (Å²) in [6.07, 6.45) is 9.81. The van der Waals surface area contributed by atoms with Crippen LogP contribution in [0.15, 0.2) is 6.07 Å². The van der Waals surface area contributed by atoms with Crippen LogP contribution in [0.4, 0.5) is 0 Å². The number of thiophene rings is 1. The number of carbonyl (C=O) groups is 2. The van der Waals surface area contributed by atoms with Gasteiger partial charge in [-0.25, -0.2) is 0 Å². The zero-order valence-electron chi connectivity index (χ0n) is 13.0. The highest BCUT2D eigenvalue weighted by Crippen LogP contribution is 2.30. The first-order valence-electron chi connectivity index (χ1n) is 8.38. The third kappa shape index (κ3) is 3.19. The average molecular weight is 320 g/mol. The van der Waals surface area contributed by atoms with E-state index in [2.05, 4.69) is 6.07 Å². The monoisotopic (exact) mass is 320 g/mol. The molecule has 1 aromatic heterocycles. The molecule has 0 aromatic carbocycles. The second-order valence-corrected chi connectivity index (χ2v) is 7.52. The van der Waals surface area contributed by atoms with Crippen LogP contribution in [0.2, 0.25) is 0 Å². The van der Waals surface area contributed by atoms with E-state index in [0.717, 1.165) is 30.6 Å². The summed E-state index contributed by atoms with van der Waals surface area (Å²) < 4.78 is 0. The number of carbonyl (C=O) groups excluding carboxylic acids is 2. The summed E-state index contributed by atoms with van der Waals surface area (Å²) in [7, 11) is 0. The van der Waals surface area contributed by atoms with Crippen LogP contribution < -0.4 is 5.73 Å². The van der Waals surface area contributed by atoms with Gasteiger partial charge in [-0.1, -0.05) is 12.8 Å². The second-order valence-electron chi connectivity index (χ2n) is 6.39. The van der Waals surface area contributed by atoms with Gasteiger partial charge in [-0.05, 0) is 56.6 Å². The molecule has 0 saturated carbocycles. The van der Waals surface area contributed by atoms with Gasteiger partial charge >= 0.3 is 0 Å². The minimum Gasteiger partial charge on any atom is -0.368 e. The number of fused-ring (bicyclic) bond motifs is 1. The van der Waals surface area contributed by atoms with E-state index in [-0.39, 0.29) is 11.8 Å². The van der Waals surface area contributed by atoms with Crippen LogP contribution in [-0.4, -0.2) is 29.3 Å². The Balaban J connectivity index is 1.82. The number of primary amides is 1. The number of aryl methyl sites for hydroxylation is 2. The molecule has 1 aliphatic heterocycles. The molecule has 0 bridgehead atoms. The highest BCUT2D eigenvalue weighted by molar-refractivity contribution is 7.14. The molecule has 22 heavy (non-hydrogen) atoms. The lowest BCUT2D eigenvalue weighted by Crippen LogP contribution is -2.50. The Labute approximate surface area is 135 Å². The second kappa shape index (κ2) is 6.82. The van der Waals surface area contributed by atoms with Crippen molar-refractivity contribution in [3.8, 4) is 0 Å². The number of nitrogens with zero attached hydrogens (tertiary/aromatic N) is 1. The number of likely N-dealkylation sites (tertiary alicyclic amines) is 1. The fourth-order valence-electron chi connectivity index (χ4n) is 3.56. The Morgan fingerprint density at radius 2 is 1.86 bits per heavy atom. The van der Waals surface area contributed by atoms with Crippen LogP contribution in [0.25, 0.3) is 0 Å². The highest BCUT2D eigenvalue weighted by atomic mass is 32.1. The van der Waals surface area contributed by atoms with Crippen molar-refractivity contribution in [3.05, 3.63) is 21.4 Å². The van der Waals surface area contributed by atoms with Crippen LogP contribution in [0.1, 0.15) is 65.1 Å². The Morgan fingerprint density at radius 1 is 1.09 bits per heavy atom. The Kier molecular flexibility index (Phi) is 4.81. The molecule has 2 amide bonds. The molecule has 3 rings (SSSR count). The molecule has 1 fully saturated rings. The molecule has 2 N–H and O–H groups in total. The minimum atomic E-state index is -0.425. The van der Waals surface area contributed by atoms with Gasteiger partial charge in [0.1, 0.15) is 6.04 Å². The summed E-state index contributed by atoms with van der Waals surface area (Å²) in [6.45, 7) is 0.648. The SMILES string of the molecule is NC(=O)C1CCCCN1C(=O)c1cc2c(s1)CCCCCC2. The summed E-state index contributed by atoms with van der Waals surface area (Å²) >= 11 is 1.63. The normalized spacial score (nSPS) is 22.5. The van der Waals surface area contributed by atoms with Gasteiger partial charge in [0.25, 0.3) is 5.91 Å². The Morgan fingerprint density at radius 3 is 2.64 bits per heavy atom. The Hall–Kier alpha value is -1.36. The molecule has 4 nitrogen and oxygen atoms in total. The summed E-state index contributed by atoms with van der Waals surface area (Å²) in [6, 6.07) is 1.64. The predicted octanol–water partition coefficient (Wildman–Crippen LogP) is 2.89. The predicted molar refractivity (Wildman–Crippen MR) is 88.1 cm³/mol. The average Bonchev–Trinajstić information content (AvgIpc) is 2.88. The van der Waals surface area contributed by atoms with Crippen molar-refractivity contribution in [2.75, 3.05) is 6.54 Å². The largest absolute Gasteiger partial charge is 0.368 e. The molecule has 1 aliphatic carbocycles. The number of amides is 2. The van der Waals surface area contributed by atoms with E-state index in [1.54, 1.807) is 16.2 Å². The van der Waals surface area contributed by atoms with Crippen molar-refractivity contribution in [1.29, 1.82) is 0 Å². The third-order valence-corrected chi connectivity index (χ3v) is 6.02. The van der Waals surface area contributed by atoms with E-state index in [4.69, 9.17) is 5.73 Å². The van der Waals surface area contributed by atoms with Crippen LogP contribution in [0, 0.1) is 0 Å². The number of piperidine rings is 1. The molecule has 1 atom stereocenters. The molecule has 5 heteroatoms. The third-order valence-electron chi connectivity index (χ3n) is 4.80. The number of rotatable bonds is 2. The van der Waals surface area contributed by atoms with Gasteiger partial charge in [-0.15, -0.1) is 11.3 Å². The number of hydrogen-bond acceptors (Lipinski definition) is 3. The van der Waals surface area contributed by atoms with E-state index < -0.39 is 6.04 Å². The van der Waals surface area contributed by atoms with E-state index in [9.17, 15) is 9.59 Å². The topological polar surface area (TPSA) is 63.4 Å². The van der Waals surface area contributed by atoms with Crippen LogP contribution in [-0.2, 0) is 17.6 Å². The van der Waals surface area contributed by atoms with Crippen LogP contribution >= 0.6 is 11.3 Å². The van der Waals surface area contributed by atoms with Crippen molar-refractivity contribution >= 4 is 23.2 Å². The van der Waals surface area contributed by atoms with Gasteiger partial charge in [0.15, 0.2) is 0 Å².